The number of carbonyl (C=O) groups is 2. The highest BCUT2D eigenvalue weighted by Gasteiger charge is 2.42. The van der Waals surface area contributed by atoms with Crippen molar-refractivity contribution >= 4 is 23.5 Å². The normalized spacial score (nSPS) is 10.3. The molecule has 0 N–H and O–H groups in total. The van der Waals surface area contributed by atoms with Crippen molar-refractivity contribution in [3.63, 3.8) is 0 Å². The zero-order valence-electron chi connectivity index (χ0n) is 8.49. The zero-order chi connectivity index (χ0) is 11.9. The van der Waals surface area contributed by atoms with E-state index >= 15 is 0 Å². The van der Waals surface area contributed by atoms with Crippen LogP contribution in [0.5, 0.6) is 0 Å². The Morgan fingerprint density at radius 2 is 1.53 bits per heavy atom. The van der Waals surface area contributed by atoms with Gasteiger partial charge in [0.15, 0.2) is 0 Å². The number of carbonyl (C=O) groups excluding carboxylic acids is 2. The number of halogens is 1. The second-order valence-electron chi connectivity index (χ2n) is 2.78. The van der Waals surface area contributed by atoms with Gasteiger partial charge >= 0.3 is 11.9 Å². The van der Waals surface area contributed by atoms with Gasteiger partial charge in [-0.2, -0.15) is 0 Å². The van der Waals surface area contributed by atoms with E-state index in [9.17, 15) is 9.59 Å². The van der Waals surface area contributed by atoms with Gasteiger partial charge in [0.2, 0.25) is 4.87 Å². The highest BCUT2D eigenvalue weighted by atomic mass is 35.5. The number of hydrogen-bond acceptors (Lipinski definition) is 4. The minimum Gasteiger partial charge on any atom is -0.460 e. The molecule has 0 amide bonds. The Morgan fingerprint density at radius 3 is 1.80 bits per heavy atom. The lowest BCUT2D eigenvalue weighted by Gasteiger charge is -2.17. The molecule has 0 radical (unpaired) electrons. The van der Waals surface area contributed by atoms with E-state index in [1.165, 1.54) is 19.1 Å². The Balaban J connectivity index is 4.36. The van der Waals surface area contributed by atoms with E-state index in [-0.39, 0.29) is 13.2 Å². The largest absolute Gasteiger partial charge is 0.460 e. The van der Waals surface area contributed by atoms with E-state index < -0.39 is 16.8 Å². The predicted octanol–water partition coefficient (Wildman–Crippen LogP) is 1.44. The van der Waals surface area contributed by atoms with E-state index in [4.69, 9.17) is 11.6 Å². The lowest BCUT2D eigenvalue weighted by Crippen LogP contribution is -2.41. The molecule has 0 aliphatic heterocycles. The molecule has 0 atom stereocenters. The average Bonchev–Trinajstić information content (AvgIpc) is 2.21. The van der Waals surface area contributed by atoms with Crippen LogP contribution in [0.3, 0.4) is 0 Å². The number of rotatable bonds is 6. The van der Waals surface area contributed by atoms with Gasteiger partial charge in [-0.25, -0.2) is 9.59 Å². The fraction of sp³-hybridized carbons (Fsp3) is 0.400. The van der Waals surface area contributed by atoms with Gasteiger partial charge in [-0.15, -0.1) is 0 Å². The molecule has 0 bridgehead atoms. The third-order valence-electron chi connectivity index (χ3n) is 1.43. The molecule has 0 rings (SSSR count). The van der Waals surface area contributed by atoms with Crippen LogP contribution in [0.25, 0.3) is 0 Å². The van der Waals surface area contributed by atoms with Crippen LogP contribution in [-0.2, 0) is 19.1 Å². The van der Waals surface area contributed by atoms with E-state index in [1.54, 1.807) is 0 Å². The molecule has 84 valence electrons. The maximum absolute atomic E-state index is 11.3. The summed E-state index contributed by atoms with van der Waals surface area (Å²) in [5.41, 5.74) is 0. The van der Waals surface area contributed by atoms with Gasteiger partial charge < -0.3 is 9.47 Å². The Morgan fingerprint density at radius 1 is 1.20 bits per heavy atom. The van der Waals surface area contributed by atoms with Crippen LogP contribution in [0.2, 0.25) is 0 Å². The van der Waals surface area contributed by atoms with Gasteiger partial charge in [-0.05, 0) is 6.92 Å². The lowest BCUT2D eigenvalue weighted by molar-refractivity contribution is -0.157. The number of ether oxygens (including phenoxy) is 2. The molecule has 0 aromatic heterocycles. The summed E-state index contributed by atoms with van der Waals surface area (Å²) in [5.74, 6) is -1.73. The second kappa shape index (κ2) is 6.24. The van der Waals surface area contributed by atoms with Crippen molar-refractivity contribution in [1.29, 1.82) is 0 Å². The summed E-state index contributed by atoms with van der Waals surface area (Å²) in [6, 6.07) is 0. The average molecular weight is 233 g/mol. The van der Waals surface area contributed by atoms with Crippen LogP contribution in [0.15, 0.2) is 25.3 Å². The molecule has 0 unspecified atom stereocenters. The van der Waals surface area contributed by atoms with Crippen molar-refractivity contribution < 1.29 is 19.1 Å². The molecule has 15 heavy (non-hydrogen) atoms. The first-order chi connectivity index (χ1) is 6.96. The molecule has 0 aromatic rings. The van der Waals surface area contributed by atoms with Gasteiger partial charge in [0.25, 0.3) is 0 Å². The summed E-state index contributed by atoms with van der Waals surface area (Å²) in [6.45, 7) is 7.92. The molecule has 0 heterocycles. The molecule has 0 saturated carbocycles. The van der Waals surface area contributed by atoms with Crippen LogP contribution in [0, 0.1) is 0 Å². The molecule has 0 spiro atoms. The van der Waals surface area contributed by atoms with Gasteiger partial charge in [-0.3, -0.25) is 0 Å². The first kappa shape index (κ1) is 13.7. The third-order valence-corrected chi connectivity index (χ3v) is 1.74. The predicted molar refractivity (Wildman–Crippen MR) is 56.6 cm³/mol. The second-order valence-corrected chi connectivity index (χ2v) is 3.53. The van der Waals surface area contributed by atoms with Crippen molar-refractivity contribution in [3.8, 4) is 0 Å². The van der Waals surface area contributed by atoms with E-state index in [0.29, 0.717) is 0 Å². The number of alkyl halides is 1. The van der Waals surface area contributed by atoms with E-state index in [1.807, 2.05) is 0 Å². The molecule has 0 fully saturated rings. The molecular formula is C10H13ClO4. The molecule has 0 aliphatic carbocycles. The van der Waals surface area contributed by atoms with Crippen LogP contribution < -0.4 is 0 Å². The third kappa shape index (κ3) is 4.16. The molecule has 0 aliphatic rings. The maximum atomic E-state index is 11.3. The minimum atomic E-state index is -1.83. The summed E-state index contributed by atoms with van der Waals surface area (Å²) in [5, 5.41) is 0. The summed E-state index contributed by atoms with van der Waals surface area (Å²) >= 11 is 5.69. The van der Waals surface area contributed by atoms with E-state index in [2.05, 4.69) is 22.6 Å². The quantitative estimate of drug-likeness (QED) is 0.301. The smallest absolute Gasteiger partial charge is 0.338 e. The molecule has 0 saturated heterocycles. The first-order valence-electron chi connectivity index (χ1n) is 4.22. The highest BCUT2D eigenvalue weighted by Crippen LogP contribution is 2.18. The van der Waals surface area contributed by atoms with Gasteiger partial charge in [0.05, 0.1) is 0 Å². The van der Waals surface area contributed by atoms with Crippen molar-refractivity contribution in [2.75, 3.05) is 13.2 Å². The summed E-state index contributed by atoms with van der Waals surface area (Å²) in [7, 11) is 0. The standard InChI is InChI=1S/C10H13ClO4/c1-4-6-14-8(12)10(3,11)9(13)15-7-5-2/h4-5H,1-2,6-7H2,3H3. The molecule has 4 nitrogen and oxygen atoms in total. The summed E-state index contributed by atoms with van der Waals surface area (Å²) < 4.78 is 9.28. The first-order valence-corrected chi connectivity index (χ1v) is 4.59. The number of esters is 2. The minimum absolute atomic E-state index is 0.00409. The highest BCUT2D eigenvalue weighted by molar-refractivity contribution is 6.44. The topological polar surface area (TPSA) is 52.6 Å². The fourth-order valence-electron chi connectivity index (χ4n) is 0.624. The lowest BCUT2D eigenvalue weighted by atomic mass is 10.2. The van der Waals surface area contributed by atoms with Gasteiger partial charge in [0.1, 0.15) is 13.2 Å². The Labute approximate surface area is 93.5 Å². The van der Waals surface area contributed by atoms with E-state index in [0.717, 1.165) is 0 Å². The fourth-order valence-corrected chi connectivity index (χ4v) is 0.733. The van der Waals surface area contributed by atoms with Crippen LogP contribution in [0.4, 0.5) is 0 Å². The van der Waals surface area contributed by atoms with Crippen molar-refractivity contribution in [2.45, 2.75) is 11.8 Å². The summed E-state index contributed by atoms with van der Waals surface area (Å²) in [4.78, 5) is 20.8. The molecular weight excluding hydrogens is 220 g/mol. The van der Waals surface area contributed by atoms with Gasteiger partial charge in [-0.1, -0.05) is 36.9 Å². The van der Waals surface area contributed by atoms with Crippen molar-refractivity contribution in [2.24, 2.45) is 0 Å². The monoisotopic (exact) mass is 232 g/mol. The van der Waals surface area contributed by atoms with Gasteiger partial charge in [0, 0.05) is 0 Å². The van der Waals surface area contributed by atoms with Crippen LogP contribution in [0.1, 0.15) is 6.92 Å². The van der Waals surface area contributed by atoms with Crippen molar-refractivity contribution in [1.82, 2.24) is 0 Å². The Kier molecular flexibility index (Phi) is 5.70. The molecule has 0 aromatic carbocycles. The van der Waals surface area contributed by atoms with Crippen LogP contribution in [-0.4, -0.2) is 30.0 Å². The molecule has 5 heteroatoms. The number of hydrogen-bond donors (Lipinski definition) is 0. The Bertz CT molecular complexity index is 245. The maximum Gasteiger partial charge on any atom is 0.338 e. The summed E-state index contributed by atoms with van der Waals surface area (Å²) in [6.07, 6.45) is 2.75. The van der Waals surface area contributed by atoms with Crippen molar-refractivity contribution in [3.05, 3.63) is 25.3 Å². The zero-order valence-corrected chi connectivity index (χ0v) is 9.25. The SMILES string of the molecule is C=CCOC(=O)C(C)(Cl)C(=O)OCC=C. The van der Waals surface area contributed by atoms with Crippen LogP contribution >= 0.6 is 11.6 Å². The Hall–Kier alpha value is -1.29.